The lowest BCUT2D eigenvalue weighted by Crippen LogP contribution is -2.43. The van der Waals surface area contributed by atoms with Crippen LogP contribution in [-0.2, 0) is 9.47 Å². The Labute approximate surface area is 111 Å². The molecule has 0 aliphatic carbocycles. The summed E-state index contributed by atoms with van der Waals surface area (Å²) < 4.78 is 17.1. The van der Waals surface area contributed by atoms with Gasteiger partial charge in [0, 0.05) is 18.9 Å². The summed E-state index contributed by atoms with van der Waals surface area (Å²) >= 11 is 0. The molecule has 18 heavy (non-hydrogen) atoms. The predicted molar refractivity (Wildman–Crippen MR) is 76.2 cm³/mol. The Kier molecular flexibility index (Phi) is 5.90. The van der Waals surface area contributed by atoms with Gasteiger partial charge in [0.25, 0.3) is 9.76 Å². The molecule has 0 bridgehead atoms. The quantitative estimate of drug-likeness (QED) is 0.337. The maximum Gasteiger partial charge on any atom is 0.288 e. The number of anilines is 1. The molecule has 5 heteroatoms. The second-order valence-electron chi connectivity index (χ2n) is 3.74. The molecule has 0 saturated heterocycles. The second kappa shape index (κ2) is 7.20. The van der Waals surface area contributed by atoms with Crippen molar-refractivity contribution in [2.24, 2.45) is 0 Å². The zero-order chi connectivity index (χ0) is 13.4. The number of nitrogen functional groups attached to an aromatic ring is 1. The summed E-state index contributed by atoms with van der Waals surface area (Å²) in [5.74, 6) is 0.779. The Bertz CT molecular complexity index is 361. The molecule has 0 radical (unpaired) electrons. The first-order valence-corrected chi connectivity index (χ1v) is 7.34. The van der Waals surface area contributed by atoms with E-state index in [4.69, 9.17) is 19.6 Å². The molecule has 0 aromatic heterocycles. The molecule has 1 aromatic carbocycles. The Balaban J connectivity index is 2.66. The average molecular weight is 267 g/mol. The summed E-state index contributed by atoms with van der Waals surface area (Å²) in [6.07, 6.45) is 1.68. The van der Waals surface area contributed by atoms with E-state index in [1.165, 1.54) is 0 Å². The van der Waals surface area contributed by atoms with E-state index in [2.05, 4.69) is 6.58 Å². The third-order valence-corrected chi connectivity index (χ3v) is 3.99. The zero-order valence-electron chi connectivity index (χ0n) is 11.0. The Morgan fingerprint density at radius 1 is 1.22 bits per heavy atom. The summed E-state index contributed by atoms with van der Waals surface area (Å²) in [5.41, 5.74) is 5.58. The van der Waals surface area contributed by atoms with Gasteiger partial charge >= 0.3 is 0 Å². The number of nitrogens with two attached hydrogens (primary N) is 1. The molecular weight excluding hydrogens is 246 g/mol. The van der Waals surface area contributed by atoms with Gasteiger partial charge in [-0.2, -0.15) is 0 Å². The lowest BCUT2D eigenvalue weighted by atomic mass is 10.3. The van der Waals surface area contributed by atoms with Gasteiger partial charge in [-0.1, -0.05) is 6.58 Å². The normalized spacial score (nSPS) is 11.9. The van der Waals surface area contributed by atoms with Crippen LogP contribution in [0.1, 0.15) is 13.8 Å². The van der Waals surface area contributed by atoms with Crippen LogP contribution in [0, 0.1) is 0 Å². The van der Waals surface area contributed by atoms with Gasteiger partial charge in [0.2, 0.25) is 5.41 Å². The number of benzene rings is 1. The highest BCUT2D eigenvalue weighted by atomic mass is 28.2. The summed E-state index contributed by atoms with van der Waals surface area (Å²) in [6, 6.07) is 7.30. The molecule has 0 saturated carbocycles. The first-order valence-electron chi connectivity index (χ1n) is 6.05. The minimum absolute atomic E-state index is 0.560. The molecule has 0 fully saturated rings. The highest BCUT2D eigenvalue weighted by molar-refractivity contribution is 6.33. The van der Waals surface area contributed by atoms with Crippen LogP contribution in [-0.4, -0.2) is 28.4 Å². The fraction of sp³-hybridized carbons (Fsp3) is 0.385. The summed E-state index contributed by atoms with van der Waals surface area (Å²) in [4.78, 5) is 0. The van der Waals surface area contributed by atoms with E-state index in [0.717, 1.165) is 5.75 Å². The highest BCUT2D eigenvalue weighted by Gasteiger charge is 2.29. The molecular formula is C13H21NO3Si. The second-order valence-corrected chi connectivity index (χ2v) is 5.30. The third kappa shape index (κ3) is 4.18. The maximum atomic E-state index is 5.78. The lowest BCUT2D eigenvalue weighted by molar-refractivity contribution is -0.146. The van der Waals surface area contributed by atoms with Crippen molar-refractivity contribution in [3.05, 3.63) is 36.9 Å². The van der Waals surface area contributed by atoms with Gasteiger partial charge in [0.1, 0.15) is 5.75 Å². The van der Waals surface area contributed by atoms with Crippen molar-refractivity contribution in [2.45, 2.75) is 19.3 Å². The molecule has 0 atom stereocenters. The third-order valence-electron chi connectivity index (χ3n) is 2.41. The van der Waals surface area contributed by atoms with E-state index in [1.54, 1.807) is 18.2 Å². The highest BCUT2D eigenvalue weighted by Crippen LogP contribution is 2.18. The SMILES string of the molecule is C=CC(OCC)(OCC)[SiH2]Oc1ccc(N)cc1. The maximum absolute atomic E-state index is 5.78. The van der Waals surface area contributed by atoms with E-state index in [0.29, 0.717) is 18.9 Å². The van der Waals surface area contributed by atoms with Crippen molar-refractivity contribution in [1.29, 1.82) is 0 Å². The molecule has 0 aliphatic heterocycles. The molecule has 0 unspecified atom stereocenters. The Hall–Kier alpha value is -1.30. The fourth-order valence-electron chi connectivity index (χ4n) is 1.54. The van der Waals surface area contributed by atoms with Gasteiger partial charge in [-0.25, -0.2) is 0 Å². The van der Waals surface area contributed by atoms with Crippen LogP contribution in [0.2, 0.25) is 0 Å². The molecule has 4 nitrogen and oxygen atoms in total. The van der Waals surface area contributed by atoms with Crippen LogP contribution in [0.3, 0.4) is 0 Å². The Morgan fingerprint density at radius 2 is 1.78 bits per heavy atom. The fourth-order valence-corrected chi connectivity index (χ4v) is 2.79. The van der Waals surface area contributed by atoms with Crippen LogP contribution in [0.4, 0.5) is 5.69 Å². The van der Waals surface area contributed by atoms with Crippen molar-refractivity contribution in [1.82, 2.24) is 0 Å². The average Bonchev–Trinajstić information content (AvgIpc) is 2.38. The van der Waals surface area contributed by atoms with Crippen molar-refractivity contribution in [3.8, 4) is 5.75 Å². The molecule has 1 rings (SSSR count). The summed E-state index contributed by atoms with van der Waals surface area (Å²) in [5, 5.41) is 0. The van der Waals surface area contributed by atoms with Crippen LogP contribution < -0.4 is 10.2 Å². The number of hydrogen-bond donors (Lipinski definition) is 1. The molecule has 0 amide bonds. The molecule has 2 N–H and O–H groups in total. The van der Waals surface area contributed by atoms with E-state index < -0.39 is 15.2 Å². The van der Waals surface area contributed by atoms with Gasteiger partial charge in [-0.15, -0.1) is 0 Å². The van der Waals surface area contributed by atoms with Gasteiger partial charge in [0.05, 0.1) is 0 Å². The van der Waals surface area contributed by atoms with Crippen molar-refractivity contribution < 1.29 is 13.9 Å². The van der Waals surface area contributed by atoms with E-state index in [1.807, 2.05) is 26.0 Å². The lowest BCUT2D eigenvalue weighted by Gasteiger charge is -2.29. The summed E-state index contributed by atoms with van der Waals surface area (Å²) in [6.45, 7) is 8.75. The molecule has 0 spiro atoms. The topological polar surface area (TPSA) is 53.7 Å². The monoisotopic (exact) mass is 267 g/mol. The van der Waals surface area contributed by atoms with Crippen LogP contribution in [0.25, 0.3) is 0 Å². The smallest absolute Gasteiger partial charge is 0.288 e. The standard InChI is InChI=1S/C13H21NO3Si/c1-4-13(15-5-2,16-6-3)18-17-12-9-7-11(14)8-10-12/h4,7-10H,1,5-6,14,18H2,2-3H3. The van der Waals surface area contributed by atoms with Crippen LogP contribution in [0.5, 0.6) is 5.75 Å². The zero-order valence-corrected chi connectivity index (χ0v) is 12.4. The van der Waals surface area contributed by atoms with Gasteiger partial charge < -0.3 is 19.6 Å². The number of ether oxygens (including phenoxy) is 2. The molecule has 1 aromatic rings. The van der Waals surface area contributed by atoms with Crippen molar-refractivity contribution in [2.75, 3.05) is 18.9 Å². The van der Waals surface area contributed by atoms with Crippen LogP contribution in [0.15, 0.2) is 36.9 Å². The largest absolute Gasteiger partial charge is 0.543 e. The van der Waals surface area contributed by atoms with E-state index in [9.17, 15) is 0 Å². The summed E-state index contributed by atoms with van der Waals surface area (Å²) in [7, 11) is -1.12. The molecule has 0 aliphatic rings. The number of rotatable bonds is 8. The Morgan fingerprint density at radius 3 is 2.22 bits per heavy atom. The molecule has 0 heterocycles. The first kappa shape index (κ1) is 14.8. The predicted octanol–water partition coefficient (Wildman–Crippen LogP) is 1.64. The molecule has 100 valence electrons. The minimum Gasteiger partial charge on any atom is -0.543 e. The van der Waals surface area contributed by atoms with E-state index >= 15 is 0 Å². The van der Waals surface area contributed by atoms with Gasteiger partial charge in [-0.05, 0) is 44.2 Å². The first-order chi connectivity index (χ1) is 8.65. The van der Waals surface area contributed by atoms with Gasteiger partial charge in [0.15, 0.2) is 0 Å². The minimum atomic E-state index is -1.12. The van der Waals surface area contributed by atoms with Crippen molar-refractivity contribution in [3.63, 3.8) is 0 Å². The number of hydrogen-bond acceptors (Lipinski definition) is 4. The van der Waals surface area contributed by atoms with E-state index in [-0.39, 0.29) is 0 Å². The van der Waals surface area contributed by atoms with Gasteiger partial charge in [-0.3, -0.25) is 0 Å². The van der Waals surface area contributed by atoms with Crippen molar-refractivity contribution >= 4 is 15.5 Å². The van der Waals surface area contributed by atoms with Crippen LogP contribution >= 0.6 is 0 Å².